The van der Waals surface area contributed by atoms with Crippen LogP contribution < -0.4 is 0 Å². The second-order valence-electron chi connectivity index (χ2n) is 10.8. The van der Waals surface area contributed by atoms with Crippen molar-refractivity contribution in [2.24, 2.45) is 0 Å². The third kappa shape index (κ3) is 13.9. The van der Waals surface area contributed by atoms with Crippen LogP contribution in [0, 0.1) is 0 Å². The minimum absolute atomic E-state index is 0.498. The number of fused-ring (bicyclic) bond motifs is 1. The molecule has 1 aliphatic rings. The molecule has 0 saturated heterocycles. The molecule has 2 atom stereocenters. The Kier molecular flexibility index (Phi) is 17.1. The quantitative estimate of drug-likeness (QED) is 0.103. The summed E-state index contributed by atoms with van der Waals surface area (Å²) in [5.74, 6) is 0. The molecule has 0 aliphatic carbocycles. The number of benzene rings is 1. The average molecular weight is 595 g/mol. The first-order chi connectivity index (χ1) is 18.2. The first-order valence-electron chi connectivity index (χ1n) is 14.8. The predicted octanol–water partition coefficient (Wildman–Crippen LogP) is 9.41. The first-order valence-corrected chi connectivity index (χ1v) is 17.1. The van der Waals surface area contributed by atoms with E-state index in [9.17, 15) is 14.4 Å². The van der Waals surface area contributed by atoms with Crippen LogP contribution in [0.5, 0.6) is 0 Å². The minimum Gasteiger partial charge on any atom is -0.360 e. The van der Waals surface area contributed by atoms with E-state index >= 15 is 0 Å². The average Bonchev–Trinajstić information content (AvgIpc) is 3.24. The number of rotatable bonds is 22. The molecule has 1 unspecified atom stereocenters. The lowest BCUT2D eigenvalue weighted by Gasteiger charge is -2.32. The van der Waals surface area contributed by atoms with Crippen molar-refractivity contribution < 1.29 is 23.6 Å². The summed E-state index contributed by atoms with van der Waals surface area (Å²) in [6.45, 7) is 5.55. The van der Waals surface area contributed by atoms with E-state index in [0.717, 1.165) is 24.0 Å². The standard InChI is InChI=1S/C29H50Cl2NO5P/c1-3-4-5-6-7-8-9-10-11-12-13-14-15-16-17-18-19-36-29(24(2)37-38(33,34)35)32-22-25-20-27(30)28(31)21-26(25)23-32/h20-21,24,29H,3-19,22-23H2,1-2H3,(H2,33,34,35)/t24?,29-/m1/s1. The molecule has 9 heteroatoms. The Hall–Kier alpha value is -0.170. The fourth-order valence-corrected chi connectivity index (χ4v) is 6.17. The monoisotopic (exact) mass is 593 g/mol. The van der Waals surface area contributed by atoms with Crippen molar-refractivity contribution in [2.75, 3.05) is 6.61 Å². The Labute approximate surface area is 241 Å². The zero-order valence-corrected chi connectivity index (χ0v) is 25.9. The number of hydrogen-bond acceptors (Lipinski definition) is 4. The van der Waals surface area contributed by atoms with Crippen molar-refractivity contribution in [2.45, 2.75) is 142 Å². The lowest BCUT2D eigenvalue weighted by Crippen LogP contribution is -2.42. The highest BCUT2D eigenvalue weighted by Crippen LogP contribution is 2.40. The van der Waals surface area contributed by atoms with Crippen molar-refractivity contribution in [3.05, 3.63) is 33.3 Å². The molecular weight excluding hydrogens is 544 g/mol. The molecule has 1 aromatic carbocycles. The molecule has 0 bridgehead atoms. The number of hydrogen-bond donors (Lipinski definition) is 2. The van der Waals surface area contributed by atoms with Crippen molar-refractivity contribution >= 4 is 31.0 Å². The van der Waals surface area contributed by atoms with E-state index in [2.05, 4.69) is 6.92 Å². The molecule has 2 N–H and O–H groups in total. The lowest BCUT2D eigenvalue weighted by molar-refractivity contribution is -0.120. The number of phosphoric acid groups is 1. The van der Waals surface area contributed by atoms with Gasteiger partial charge >= 0.3 is 7.82 Å². The Morgan fingerprint density at radius 3 is 1.58 bits per heavy atom. The molecule has 0 saturated carbocycles. The largest absolute Gasteiger partial charge is 0.469 e. The van der Waals surface area contributed by atoms with E-state index in [-0.39, 0.29) is 0 Å². The summed E-state index contributed by atoms with van der Waals surface area (Å²) in [4.78, 5) is 20.7. The molecule has 0 amide bonds. The van der Waals surface area contributed by atoms with Gasteiger partial charge in [0.1, 0.15) is 12.3 Å². The fraction of sp³-hybridized carbons (Fsp3) is 0.793. The van der Waals surface area contributed by atoms with Crippen LogP contribution in [0.1, 0.15) is 128 Å². The van der Waals surface area contributed by atoms with E-state index in [1.807, 2.05) is 17.0 Å². The topological polar surface area (TPSA) is 79.2 Å². The molecule has 1 heterocycles. The highest BCUT2D eigenvalue weighted by Gasteiger charge is 2.34. The summed E-state index contributed by atoms with van der Waals surface area (Å²) >= 11 is 12.4. The number of nitrogens with zero attached hydrogens (tertiary/aromatic N) is 1. The molecule has 0 spiro atoms. The summed E-state index contributed by atoms with van der Waals surface area (Å²) in [7, 11) is -4.63. The van der Waals surface area contributed by atoms with Crippen LogP contribution in [0.3, 0.4) is 0 Å². The molecule has 0 aromatic heterocycles. The fourth-order valence-electron chi connectivity index (χ4n) is 5.26. The van der Waals surface area contributed by atoms with E-state index < -0.39 is 20.2 Å². The van der Waals surface area contributed by atoms with Gasteiger partial charge in [0.15, 0.2) is 0 Å². The van der Waals surface area contributed by atoms with Crippen LogP contribution in [-0.2, 0) is 26.9 Å². The van der Waals surface area contributed by atoms with Crippen LogP contribution in [0.2, 0.25) is 10.0 Å². The van der Waals surface area contributed by atoms with E-state index in [0.29, 0.717) is 29.7 Å². The molecule has 6 nitrogen and oxygen atoms in total. The molecule has 220 valence electrons. The van der Waals surface area contributed by atoms with Crippen molar-refractivity contribution in [1.29, 1.82) is 0 Å². The Bertz CT molecular complexity index is 806. The van der Waals surface area contributed by atoms with Gasteiger partial charge in [0.2, 0.25) is 0 Å². The number of halogens is 2. The van der Waals surface area contributed by atoms with Gasteiger partial charge in [-0.1, -0.05) is 126 Å². The normalized spacial score (nSPS) is 15.6. The van der Waals surface area contributed by atoms with E-state index in [1.165, 1.54) is 89.9 Å². The molecule has 38 heavy (non-hydrogen) atoms. The van der Waals surface area contributed by atoms with Gasteiger partial charge in [0.05, 0.1) is 10.0 Å². The van der Waals surface area contributed by atoms with Gasteiger partial charge < -0.3 is 14.5 Å². The van der Waals surface area contributed by atoms with Gasteiger partial charge in [-0.2, -0.15) is 0 Å². The highest BCUT2D eigenvalue weighted by atomic mass is 35.5. The maximum atomic E-state index is 11.5. The predicted molar refractivity (Wildman–Crippen MR) is 158 cm³/mol. The van der Waals surface area contributed by atoms with Gasteiger partial charge in [0, 0.05) is 19.7 Å². The maximum Gasteiger partial charge on any atom is 0.469 e. The zero-order chi connectivity index (χ0) is 27.8. The third-order valence-electron chi connectivity index (χ3n) is 7.34. The number of phosphoric ester groups is 1. The molecule has 1 aromatic rings. The second-order valence-corrected chi connectivity index (χ2v) is 12.8. The summed E-state index contributed by atoms with van der Waals surface area (Å²) < 4.78 is 22.6. The van der Waals surface area contributed by atoms with Crippen LogP contribution in [0.4, 0.5) is 0 Å². The Morgan fingerprint density at radius 2 is 1.18 bits per heavy atom. The smallest absolute Gasteiger partial charge is 0.360 e. The van der Waals surface area contributed by atoms with E-state index in [1.54, 1.807) is 6.92 Å². The number of unbranched alkanes of at least 4 members (excludes halogenated alkanes) is 15. The van der Waals surface area contributed by atoms with Crippen LogP contribution in [0.25, 0.3) is 0 Å². The third-order valence-corrected chi connectivity index (χ3v) is 8.67. The van der Waals surface area contributed by atoms with Crippen LogP contribution in [0.15, 0.2) is 12.1 Å². The molecule has 1 aliphatic heterocycles. The molecule has 0 fully saturated rings. The Morgan fingerprint density at radius 1 is 0.789 bits per heavy atom. The first kappa shape index (κ1) is 34.0. The van der Waals surface area contributed by atoms with Gasteiger partial charge in [-0.3, -0.25) is 9.42 Å². The molecule has 2 rings (SSSR count). The summed E-state index contributed by atoms with van der Waals surface area (Å²) in [6.07, 6.45) is 19.6. The SMILES string of the molecule is CCCCCCCCCCCCCCCCCCO[C@H](C(C)OP(=O)(O)O)N1Cc2cc(Cl)c(Cl)cc2C1. The zero-order valence-electron chi connectivity index (χ0n) is 23.5. The van der Waals surface area contributed by atoms with Crippen molar-refractivity contribution in [3.8, 4) is 0 Å². The second kappa shape index (κ2) is 19.0. The number of ether oxygens (including phenoxy) is 1. The summed E-state index contributed by atoms with van der Waals surface area (Å²) in [6, 6.07) is 3.70. The minimum atomic E-state index is -4.63. The van der Waals surface area contributed by atoms with Crippen LogP contribution >= 0.6 is 31.0 Å². The Balaban J connectivity index is 1.58. The van der Waals surface area contributed by atoms with Crippen molar-refractivity contribution in [1.82, 2.24) is 4.90 Å². The van der Waals surface area contributed by atoms with E-state index in [4.69, 9.17) is 32.5 Å². The van der Waals surface area contributed by atoms with Crippen molar-refractivity contribution in [3.63, 3.8) is 0 Å². The maximum absolute atomic E-state index is 11.5. The molecule has 0 radical (unpaired) electrons. The lowest BCUT2D eigenvalue weighted by atomic mass is 10.0. The van der Waals surface area contributed by atoms with Gasteiger partial charge in [-0.05, 0) is 36.6 Å². The van der Waals surface area contributed by atoms with Gasteiger partial charge in [0.25, 0.3) is 0 Å². The summed E-state index contributed by atoms with van der Waals surface area (Å²) in [5, 5.41) is 0.995. The van der Waals surface area contributed by atoms with Gasteiger partial charge in [-0.15, -0.1) is 0 Å². The van der Waals surface area contributed by atoms with Crippen LogP contribution in [-0.4, -0.2) is 33.6 Å². The molecular formula is C29H50Cl2NO5P. The summed E-state index contributed by atoms with van der Waals surface area (Å²) in [5.41, 5.74) is 2.08. The highest BCUT2D eigenvalue weighted by molar-refractivity contribution is 7.46. The van der Waals surface area contributed by atoms with Gasteiger partial charge in [-0.25, -0.2) is 4.57 Å².